The van der Waals surface area contributed by atoms with E-state index in [1.54, 1.807) is 0 Å². The Balaban J connectivity index is 1.94. The fraction of sp³-hybridized carbons (Fsp3) is 0.444. The molecule has 0 aromatic heterocycles. The van der Waals surface area contributed by atoms with E-state index in [2.05, 4.69) is 0 Å². The van der Waals surface area contributed by atoms with E-state index < -0.39 is 11.9 Å². The number of allylic oxidation sites excluding steroid dienone is 2. The molecule has 128 valence electrons. The third kappa shape index (κ3) is 2.62. The van der Waals surface area contributed by atoms with Crippen LogP contribution in [-0.4, -0.2) is 29.3 Å². The van der Waals surface area contributed by atoms with Crippen LogP contribution in [0.25, 0.3) is 0 Å². The fourth-order valence-corrected chi connectivity index (χ4v) is 3.55. The third-order valence-corrected chi connectivity index (χ3v) is 4.91. The molecule has 0 radical (unpaired) electrons. The Morgan fingerprint density at radius 1 is 1.46 bits per heavy atom. The van der Waals surface area contributed by atoms with Gasteiger partial charge in [0.05, 0.1) is 13.0 Å². The van der Waals surface area contributed by atoms with Crippen molar-refractivity contribution in [3.8, 4) is 11.5 Å². The number of carboxylic acids is 1. The van der Waals surface area contributed by atoms with Gasteiger partial charge in [0.25, 0.3) is 0 Å². The molecule has 6 nitrogen and oxygen atoms in total. The number of fused-ring (bicyclic) bond motifs is 1. The Labute approximate surface area is 139 Å². The average Bonchev–Trinajstić information content (AvgIpc) is 3.16. The quantitative estimate of drug-likeness (QED) is 0.650. The van der Waals surface area contributed by atoms with Crippen molar-refractivity contribution in [2.75, 3.05) is 7.11 Å². The van der Waals surface area contributed by atoms with Gasteiger partial charge in [-0.25, -0.2) is 4.79 Å². The van der Waals surface area contributed by atoms with Crippen molar-refractivity contribution in [1.82, 2.24) is 0 Å². The standard InChI is InChI=1S/C18H20O6/c1-9-13-8-24-18(22)14(13)15(19)12(16(9)23-2)6-4-10-3-5-11(7-10)17(20)21/h4,11,19H,3,5-8H2,1-2H3,(H,20,21)/t11-/m1/s1. The lowest BCUT2D eigenvalue weighted by atomic mass is 9.94. The summed E-state index contributed by atoms with van der Waals surface area (Å²) in [6.45, 7) is 1.98. The highest BCUT2D eigenvalue weighted by Crippen LogP contribution is 2.42. The summed E-state index contributed by atoms with van der Waals surface area (Å²) in [5.74, 6) is -1.17. The highest BCUT2D eigenvalue weighted by atomic mass is 16.5. The maximum atomic E-state index is 11.9. The molecule has 0 amide bonds. The van der Waals surface area contributed by atoms with Crippen LogP contribution >= 0.6 is 0 Å². The summed E-state index contributed by atoms with van der Waals surface area (Å²) in [5, 5.41) is 19.6. The van der Waals surface area contributed by atoms with Crippen LogP contribution in [0.4, 0.5) is 0 Å². The van der Waals surface area contributed by atoms with Gasteiger partial charge >= 0.3 is 11.9 Å². The summed E-state index contributed by atoms with van der Waals surface area (Å²) in [6, 6.07) is 0. The molecule has 1 saturated carbocycles. The largest absolute Gasteiger partial charge is 0.507 e. The van der Waals surface area contributed by atoms with Crippen LogP contribution in [0.2, 0.25) is 0 Å². The molecule has 0 unspecified atom stereocenters. The number of aliphatic carboxylic acids is 1. The summed E-state index contributed by atoms with van der Waals surface area (Å²) in [5.41, 5.74) is 3.27. The Kier molecular flexibility index (Phi) is 4.22. The number of carboxylic acid groups (broad SMARTS) is 1. The molecule has 1 heterocycles. The monoisotopic (exact) mass is 332 g/mol. The molecule has 1 aliphatic heterocycles. The van der Waals surface area contributed by atoms with E-state index in [0.717, 1.165) is 17.6 Å². The highest BCUT2D eigenvalue weighted by Gasteiger charge is 2.32. The number of aromatic hydroxyl groups is 1. The predicted molar refractivity (Wildman–Crippen MR) is 85.3 cm³/mol. The lowest BCUT2D eigenvalue weighted by Gasteiger charge is -2.15. The van der Waals surface area contributed by atoms with Gasteiger partial charge in [-0.2, -0.15) is 0 Å². The number of benzene rings is 1. The summed E-state index contributed by atoms with van der Waals surface area (Å²) in [6.07, 6.45) is 4.24. The van der Waals surface area contributed by atoms with Crippen LogP contribution in [-0.2, 0) is 22.6 Å². The number of hydrogen-bond donors (Lipinski definition) is 2. The number of cyclic esters (lactones) is 1. The number of methoxy groups -OCH3 is 1. The van der Waals surface area contributed by atoms with E-state index >= 15 is 0 Å². The minimum absolute atomic E-state index is 0.0976. The van der Waals surface area contributed by atoms with E-state index in [1.165, 1.54) is 7.11 Å². The van der Waals surface area contributed by atoms with Crippen LogP contribution < -0.4 is 4.74 Å². The highest BCUT2D eigenvalue weighted by molar-refractivity contribution is 5.98. The average molecular weight is 332 g/mol. The lowest BCUT2D eigenvalue weighted by Crippen LogP contribution is -2.08. The molecule has 0 spiro atoms. The van der Waals surface area contributed by atoms with Gasteiger partial charge in [0.2, 0.25) is 0 Å². The van der Waals surface area contributed by atoms with Crippen molar-refractivity contribution >= 4 is 11.9 Å². The summed E-state index contributed by atoms with van der Waals surface area (Å²) < 4.78 is 10.5. The summed E-state index contributed by atoms with van der Waals surface area (Å²) >= 11 is 0. The molecule has 1 aromatic carbocycles. The second-order valence-corrected chi connectivity index (χ2v) is 6.26. The first-order valence-corrected chi connectivity index (χ1v) is 7.93. The molecule has 3 rings (SSSR count). The van der Waals surface area contributed by atoms with Crippen LogP contribution in [0.5, 0.6) is 11.5 Å². The first kappa shape index (κ1) is 16.4. The molecule has 1 aromatic rings. The molecule has 24 heavy (non-hydrogen) atoms. The Bertz CT molecular complexity index is 747. The number of rotatable bonds is 4. The van der Waals surface area contributed by atoms with Gasteiger partial charge in [-0.1, -0.05) is 11.6 Å². The van der Waals surface area contributed by atoms with Crippen molar-refractivity contribution in [2.24, 2.45) is 5.92 Å². The number of esters is 1. The zero-order valence-corrected chi connectivity index (χ0v) is 13.7. The molecular formula is C18H20O6. The van der Waals surface area contributed by atoms with Gasteiger partial charge < -0.3 is 19.7 Å². The fourth-order valence-electron chi connectivity index (χ4n) is 3.55. The Hall–Kier alpha value is -2.50. The first-order valence-electron chi connectivity index (χ1n) is 7.93. The van der Waals surface area contributed by atoms with E-state index in [9.17, 15) is 14.7 Å². The molecule has 1 atom stereocenters. The van der Waals surface area contributed by atoms with Gasteiger partial charge in [0.1, 0.15) is 23.7 Å². The number of carbonyl (C=O) groups is 2. The molecule has 0 bridgehead atoms. The smallest absolute Gasteiger partial charge is 0.342 e. The maximum Gasteiger partial charge on any atom is 0.342 e. The summed E-state index contributed by atoms with van der Waals surface area (Å²) in [7, 11) is 1.53. The molecule has 2 N–H and O–H groups in total. The number of ether oxygens (including phenoxy) is 2. The minimum atomic E-state index is -0.769. The van der Waals surface area contributed by atoms with Crippen molar-refractivity contribution in [3.63, 3.8) is 0 Å². The second-order valence-electron chi connectivity index (χ2n) is 6.26. The number of phenolic OH excluding ortho intramolecular Hbond substituents is 1. The van der Waals surface area contributed by atoms with Gasteiger partial charge in [-0.15, -0.1) is 0 Å². The molecule has 1 fully saturated rings. The Morgan fingerprint density at radius 2 is 2.21 bits per heavy atom. The van der Waals surface area contributed by atoms with E-state index in [-0.39, 0.29) is 23.8 Å². The van der Waals surface area contributed by atoms with E-state index in [0.29, 0.717) is 36.1 Å². The number of carbonyl (C=O) groups excluding carboxylic acids is 1. The zero-order chi connectivity index (χ0) is 17.4. The zero-order valence-electron chi connectivity index (χ0n) is 13.7. The SMILES string of the molecule is COc1c(C)c2c(c(O)c1CC=C1CC[C@@H](C(=O)O)C1)C(=O)OC2. The topological polar surface area (TPSA) is 93.1 Å². The second kappa shape index (κ2) is 6.19. The van der Waals surface area contributed by atoms with Crippen molar-refractivity contribution in [2.45, 2.75) is 39.2 Å². The molecular weight excluding hydrogens is 312 g/mol. The third-order valence-electron chi connectivity index (χ3n) is 4.91. The van der Waals surface area contributed by atoms with Crippen molar-refractivity contribution < 1.29 is 29.3 Å². The molecule has 1 aliphatic carbocycles. The molecule has 6 heteroatoms. The summed E-state index contributed by atoms with van der Waals surface area (Å²) in [4.78, 5) is 22.9. The van der Waals surface area contributed by atoms with Gasteiger partial charge in [-0.05, 0) is 38.2 Å². The first-order chi connectivity index (χ1) is 11.4. The van der Waals surface area contributed by atoms with Crippen LogP contribution in [0.15, 0.2) is 11.6 Å². The maximum absolute atomic E-state index is 11.9. The normalized spacial score (nSPS) is 21.0. The molecule has 0 saturated heterocycles. The van der Waals surface area contributed by atoms with Crippen molar-refractivity contribution in [3.05, 3.63) is 33.9 Å². The van der Waals surface area contributed by atoms with Crippen LogP contribution in [0.3, 0.4) is 0 Å². The lowest BCUT2D eigenvalue weighted by molar-refractivity contribution is -0.141. The molecule has 2 aliphatic rings. The predicted octanol–water partition coefficient (Wildman–Crippen LogP) is 2.73. The van der Waals surface area contributed by atoms with Gasteiger partial charge in [-0.3, -0.25) is 4.79 Å². The van der Waals surface area contributed by atoms with Crippen molar-refractivity contribution in [1.29, 1.82) is 0 Å². The number of hydrogen-bond acceptors (Lipinski definition) is 5. The van der Waals surface area contributed by atoms with Crippen LogP contribution in [0.1, 0.15) is 46.3 Å². The van der Waals surface area contributed by atoms with E-state index in [4.69, 9.17) is 14.6 Å². The number of phenols is 1. The van der Waals surface area contributed by atoms with E-state index in [1.807, 2.05) is 13.0 Å². The van der Waals surface area contributed by atoms with Gasteiger partial charge in [0, 0.05) is 11.1 Å². The van der Waals surface area contributed by atoms with Crippen LogP contribution in [0, 0.1) is 12.8 Å². The van der Waals surface area contributed by atoms with Gasteiger partial charge in [0.15, 0.2) is 0 Å². The Morgan fingerprint density at radius 3 is 2.83 bits per heavy atom. The minimum Gasteiger partial charge on any atom is -0.507 e.